The smallest absolute Gasteiger partial charge is 0.0560 e. The predicted molar refractivity (Wildman–Crippen MR) is 193 cm³/mol. The van der Waals surface area contributed by atoms with Gasteiger partial charge in [-0.2, -0.15) is 0 Å². The molecule has 0 fully saturated rings. The molecule has 1 nitrogen and oxygen atoms in total. The van der Waals surface area contributed by atoms with Crippen LogP contribution in [0.25, 0.3) is 10.8 Å². The van der Waals surface area contributed by atoms with Gasteiger partial charge < -0.3 is 5.32 Å². The van der Waals surface area contributed by atoms with Crippen molar-refractivity contribution in [3.8, 4) is 0 Å². The fourth-order valence-corrected chi connectivity index (χ4v) is 7.69. The third-order valence-electron chi connectivity index (χ3n) is 9.64. The first-order chi connectivity index (χ1) is 22.7. The minimum atomic E-state index is 0.0651. The van der Waals surface area contributed by atoms with Crippen molar-refractivity contribution < 1.29 is 0 Å². The van der Waals surface area contributed by atoms with E-state index in [-0.39, 0.29) is 17.9 Å². The second kappa shape index (κ2) is 12.2. The van der Waals surface area contributed by atoms with E-state index in [0.29, 0.717) is 0 Å². The highest BCUT2D eigenvalue weighted by atomic mass is 14.9. The lowest BCUT2D eigenvalue weighted by Gasteiger charge is -2.31. The van der Waals surface area contributed by atoms with Crippen LogP contribution in [0.15, 0.2) is 170 Å². The first kappa shape index (κ1) is 28.1. The van der Waals surface area contributed by atoms with Crippen LogP contribution in [-0.4, -0.2) is 0 Å². The van der Waals surface area contributed by atoms with E-state index in [1.165, 1.54) is 66.5 Å². The van der Waals surface area contributed by atoms with Gasteiger partial charge in [0.25, 0.3) is 0 Å². The monoisotopic (exact) mass is 591 g/mol. The molecule has 0 aliphatic heterocycles. The van der Waals surface area contributed by atoms with Crippen LogP contribution in [0.3, 0.4) is 0 Å². The maximum Gasteiger partial charge on any atom is 0.0560 e. The molecule has 46 heavy (non-hydrogen) atoms. The van der Waals surface area contributed by atoms with Crippen LogP contribution in [0, 0.1) is 6.92 Å². The summed E-state index contributed by atoms with van der Waals surface area (Å²) in [7, 11) is 0. The molecule has 8 rings (SSSR count). The van der Waals surface area contributed by atoms with Crippen LogP contribution in [0.2, 0.25) is 0 Å². The molecular weight excluding hydrogens is 555 g/mol. The number of anilines is 1. The molecule has 7 aromatic rings. The minimum Gasteiger partial charge on any atom is -0.377 e. The van der Waals surface area contributed by atoms with Crippen molar-refractivity contribution >= 4 is 16.5 Å². The molecule has 1 unspecified atom stereocenters. The largest absolute Gasteiger partial charge is 0.377 e. The molecule has 0 radical (unpaired) electrons. The van der Waals surface area contributed by atoms with Gasteiger partial charge in [0.15, 0.2) is 0 Å². The molecule has 0 spiro atoms. The first-order valence-electron chi connectivity index (χ1n) is 16.4. The first-order valence-corrected chi connectivity index (χ1v) is 16.4. The van der Waals surface area contributed by atoms with E-state index >= 15 is 0 Å². The zero-order valence-corrected chi connectivity index (χ0v) is 26.1. The molecule has 1 atom stereocenters. The summed E-state index contributed by atoms with van der Waals surface area (Å²) in [6, 6.07) is 62.6. The van der Waals surface area contributed by atoms with Gasteiger partial charge in [-0.05, 0) is 68.6 Å². The summed E-state index contributed by atoms with van der Waals surface area (Å²) in [5, 5.41) is 6.98. The third-order valence-corrected chi connectivity index (χ3v) is 9.64. The number of rotatable bonds is 8. The van der Waals surface area contributed by atoms with Crippen LogP contribution in [0.4, 0.5) is 5.69 Å². The highest BCUT2D eigenvalue weighted by Gasteiger charge is 2.31. The Hall–Kier alpha value is -5.40. The quantitative estimate of drug-likeness (QED) is 0.173. The summed E-state index contributed by atoms with van der Waals surface area (Å²) in [6.45, 7) is 2.25. The van der Waals surface area contributed by atoms with E-state index in [9.17, 15) is 0 Å². The van der Waals surface area contributed by atoms with Crippen molar-refractivity contribution in [3.63, 3.8) is 0 Å². The second-order valence-electron chi connectivity index (χ2n) is 12.6. The number of aryl methyl sites for hydroxylation is 1. The van der Waals surface area contributed by atoms with E-state index in [2.05, 4.69) is 182 Å². The van der Waals surface area contributed by atoms with Gasteiger partial charge >= 0.3 is 0 Å². The molecule has 222 valence electrons. The van der Waals surface area contributed by atoms with Crippen molar-refractivity contribution in [2.45, 2.75) is 31.2 Å². The number of hydrogen-bond donors (Lipinski definition) is 1. The van der Waals surface area contributed by atoms with E-state index in [0.717, 1.165) is 6.42 Å². The molecular formula is C45H37N. The fraction of sp³-hybridized carbons (Fsp3) is 0.111. The zero-order valence-electron chi connectivity index (χ0n) is 26.1. The second-order valence-corrected chi connectivity index (χ2v) is 12.6. The molecule has 0 saturated heterocycles. The lowest BCUT2D eigenvalue weighted by molar-refractivity contribution is 0.802. The van der Waals surface area contributed by atoms with Crippen molar-refractivity contribution in [3.05, 3.63) is 220 Å². The molecule has 0 heterocycles. The van der Waals surface area contributed by atoms with Gasteiger partial charge in [-0.15, -0.1) is 0 Å². The van der Waals surface area contributed by atoms with E-state index in [1.807, 2.05) is 0 Å². The molecule has 1 aliphatic rings. The Balaban J connectivity index is 1.40. The van der Waals surface area contributed by atoms with Crippen molar-refractivity contribution in [2.75, 3.05) is 5.32 Å². The normalized spacial score (nSPS) is 13.8. The number of hydrogen-bond acceptors (Lipinski definition) is 1. The fourth-order valence-electron chi connectivity index (χ4n) is 7.69. The van der Waals surface area contributed by atoms with Gasteiger partial charge in [-0.3, -0.25) is 0 Å². The average Bonchev–Trinajstić information content (AvgIpc) is 3.47. The summed E-state index contributed by atoms with van der Waals surface area (Å²) in [5.41, 5.74) is 13.1. The average molecular weight is 592 g/mol. The predicted octanol–water partition coefficient (Wildman–Crippen LogP) is 11.2. The summed E-state index contributed by atoms with van der Waals surface area (Å²) in [4.78, 5) is 0. The third kappa shape index (κ3) is 5.18. The number of benzene rings is 7. The summed E-state index contributed by atoms with van der Waals surface area (Å²) in [6.07, 6.45) is 0.964. The maximum absolute atomic E-state index is 4.25. The molecule has 0 bridgehead atoms. The summed E-state index contributed by atoms with van der Waals surface area (Å²) >= 11 is 0. The molecule has 0 amide bonds. The Morgan fingerprint density at radius 2 is 0.935 bits per heavy atom. The lowest BCUT2D eigenvalue weighted by Crippen LogP contribution is -2.18. The van der Waals surface area contributed by atoms with Gasteiger partial charge in [-0.25, -0.2) is 0 Å². The number of nitrogens with one attached hydrogen (secondary N) is 1. The topological polar surface area (TPSA) is 12.0 Å². The van der Waals surface area contributed by atoms with Crippen molar-refractivity contribution in [2.24, 2.45) is 0 Å². The highest BCUT2D eigenvalue weighted by Crippen LogP contribution is 2.47. The SMILES string of the molecule is Cc1cc(C(c2ccccc2)c2ccccc2)c(NC2Cc3cccc4cccc2c34)c(C(c2ccccc2)c2ccccc2)c1. The van der Waals surface area contributed by atoms with Crippen LogP contribution < -0.4 is 5.32 Å². The zero-order chi connectivity index (χ0) is 30.9. The van der Waals surface area contributed by atoms with Crippen LogP contribution in [0.5, 0.6) is 0 Å². The molecule has 1 N–H and O–H groups in total. The Kier molecular flexibility index (Phi) is 7.44. The van der Waals surface area contributed by atoms with Gasteiger partial charge in [0.05, 0.1) is 6.04 Å². The lowest BCUT2D eigenvalue weighted by atomic mass is 9.78. The Bertz CT molecular complexity index is 1910. The highest BCUT2D eigenvalue weighted by molar-refractivity contribution is 5.92. The van der Waals surface area contributed by atoms with Crippen LogP contribution in [-0.2, 0) is 6.42 Å². The molecule has 1 aliphatic carbocycles. The molecule has 7 aromatic carbocycles. The minimum absolute atomic E-state index is 0.0651. The van der Waals surface area contributed by atoms with Gasteiger partial charge in [0.2, 0.25) is 0 Å². The van der Waals surface area contributed by atoms with E-state index < -0.39 is 0 Å². The Morgan fingerprint density at radius 3 is 1.39 bits per heavy atom. The molecule has 0 saturated carbocycles. The molecule has 1 heteroatoms. The molecule has 0 aromatic heterocycles. The van der Waals surface area contributed by atoms with Crippen molar-refractivity contribution in [1.82, 2.24) is 0 Å². The van der Waals surface area contributed by atoms with Gasteiger partial charge in [0, 0.05) is 17.5 Å². The standard InChI is InChI=1S/C45H37N/c1-31-28-39(42(32-16-6-2-7-17-32)33-18-8-3-9-19-33)45(46-41-30-37-26-14-24-36-25-15-27-38(41)44(36)37)40(29-31)43(34-20-10-4-11-21-34)35-22-12-5-13-23-35/h2-29,41-43,46H,30H2,1H3. The van der Waals surface area contributed by atoms with Crippen LogP contribution in [0.1, 0.15) is 67.9 Å². The summed E-state index contributed by atoms with van der Waals surface area (Å²) in [5.74, 6) is 0.130. The van der Waals surface area contributed by atoms with Crippen molar-refractivity contribution in [1.29, 1.82) is 0 Å². The Morgan fingerprint density at radius 1 is 0.500 bits per heavy atom. The maximum atomic E-state index is 4.25. The van der Waals surface area contributed by atoms with E-state index in [1.54, 1.807) is 0 Å². The van der Waals surface area contributed by atoms with Gasteiger partial charge in [0.1, 0.15) is 0 Å². The Labute approximate surface area is 272 Å². The van der Waals surface area contributed by atoms with Gasteiger partial charge in [-0.1, -0.05) is 175 Å². The van der Waals surface area contributed by atoms with Crippen LogP contribution >= 0.6 is 0 Å². The van der Waals surface area contributed by atoms with E-state index in [4.69, 9.17) is 0 Å². The summed E-state index contributed by atoms with van der Waals surface area (Å²) < 4.78 is 0.